The third-order valence-electron chi connectivity index (χ3n) is 3.54. The van der Waals surface area contributed by atoms with Gasteiger partial charge in [0.2, 0.25) is 5.91 Å². The van der Waals surface area contributed by atoms with Crippen LogP contribution in [0.15, 0.2) is 47.4 Å². The van der Waals surface area contributed by atoms with Gasteiger partial charge in [-0.3, -0.25) is 4.79 Å². The standard InChI is InChI=1S/C18H22F2N2O/c1-4-15(16(20)11-21)17(5-2)22-18(23)12(3)10-13-6-8-14(19)9-7-13/h5-9,11-12,21H,4,10H2,1-3H3,(H,22,23)/b16-15+,17-5+,21-11?/t12-/m0/s1. The van der Waals surface area contributed by atoms with Crippen LogP contribution in [0.3, 0.4) is 0 Å². The Balaban J connectivity index is 2.80. The first-order valence-electron chi connectivity index (χ1n) is 7.54. The van der Waals surface area contributed by atoms with Crippen LogP contribution in [0.5, 0.6) is 0 Å². The van der Waals surface area contributed by atoms with Crippen molar-refractivity contribution in [2.75, 3.05) is 0 Å². The Morgan fingerprint density at radius 2 is 1.96 bits per heavy atom. The van der Waals surface area contributed by atoms with Crippen molar-refractivity contribution in [3.8, 4) is 0 Å². The van der Waals surface area contributed by atoms with Gasteiger partial charge in [0, 0.05) is 17.2 Å². The van der Waals surface area contributed by atoms with Crippen molar-refractivity contribution in [2.24, 2.45) is 5.92 Å². The van der Waals surface area contributed by atoms with Crippen LogP contribution < -0.4 is 5.32 Å². The van der Waals surface area contributed by atoms with Crippen LogP contribution in [0, 0.1) is 17.1 Å². The Kier molecular flexibility index (Phi) is 7.32. The number of rotatable bonds is 7. The van der Waals surface area contributed by atoms with E-state index in [1.807, 2.05) is 0 Å². The first-order chi connectivity index (χ1) is 10.9. The van der Waals surface area contributed by atoms with Crippen LogP contribution in [-0.2, 0) is 11.2 Å². The Morgan fingerprint density at radius 1 is 1.35 bits per heavy atom. The van der Waals surface area contributed by atoms with Gasteiger partial charge in [0.1, 0.15) is 11.6 Å². The highest BCUT2D eigenvalue weighted by molar-refractivity contribution is 5.82. The molecule has 0 unspecified atom stereocenters. The van der Waals surface area contributed by atoms with E-state index >= 15 is 0 Å². The Morgan fingerprint density at radius 3 is 2.43 bits per heavy atom. The van der Waals surface area contributed by atoms with Crippen molar-refractivity contribution in [3.63, 3.8) is 0 Å². The molecule has 23 heavy (non-hydrogen) atoms. The molecular weight excluding hydrogens is 298 g/mol. The minimum absolute atomic E-state index is 0.244. The number of hydrogen-bond donors (Lipinski definition) is 2. The molecule has 0 aliphatic carbocycles. The van der Waals surface area contributed by atoms with Crippen LogP contribution >= 0.6 is 0 Å². The molecule has 124 valence electrons. The van der Waals surface area contributed by atoms with Crippen LogP contribution in [0.4, 0.5) is 8.78 Å². The fourth-order valence-corrected chi connectivity index (χ4v) is 2.22. The largest absolute Gasteiger partial charge is 0.326 e. The summed E-state index contributed by atoms with van der Waals surface area (Å²) in [6.07, 6.45) is 3.08. The molecule has 0 spiro atoms. The van der Waals surface area contributed by atoms with E-state index < -0.39 is 5.83 Å². The van der Waals surface area contributed by atoms with Crippen LogP contribution in [0.1, 0.15) is 32.8 Å². The number of carbonyl (C=O) groups is 1. The molecule has 1 amide bonds. The van der Waals surface area contributed by atoms with Crippen molar-refractivity contribution in [1.82, 2.24) is 5.32 Å². The zero-order valence-corrected chi connectivity index (χ0v) is 13.6. The van der Waals surface area contributed by atoms with E-state index in [4.69, 9.17) is 5.41 Å². The molecule has 0 bridgehead atoms. The number of amides is 1. The van der Waals surface area contributed by atoms with E-state index in [1.54, 1.807) is 39.0 Å². The molecule has 1 rings (SSSR count). The molecule has 1 aromatic rings. The lowest BCUT2D eigenvalue weighted by molar-refractivity contribution is -0.123. The Labute approximate surface area is 135 Å². The lowest BCUT2D eigenvalue weighted by Crippen LogP contribution is -2.30. The fraction of sp³-hybridized carbons (Fsp3) is 0.333. The van der Waals surface area contributed by atoms with E-state index in [0.29, 0.717) is 30.3 Å². The molecule has 0 radical (unpaired) electrons. The lowest BCUT2D eigenvalue weighted by atomic mass is 9.99. The topological polar surface area (TPSA) is 53.0 Å². The summed E-state index contributed by atoms with van der Waals surface area (Å²) in [7, 11) is 0. The average Bonchev–Trinajstić information content (AvgIpc) is 2.55. The molecule has 0 saturated heterocycles. The summed E-state index contributed by atoms with van der Waals surface area (Å²) in [6, 6.07) is 5.99. The van der Waals surface area contributed by atoms with Crippen molar-refractivity contribution in [1.29, 1.82) is 5.41 Å². The second kappa shape index (κ2) is 8.98. The molecule has 1 aromatic carbocycles. The average molecular weight is 320 g/mol. The second-order valence-corrected chi connectivity index (χ2v) is 5.25. The third kappa shape index (κ3) is 5.43. The maximum atomic E-state index is 13.7. The van der Waals surface area contributed by atoms with Gasteiger partial charge in [0.25, 0.3) is 0 Å². The van der Waals surface area contributed by atoms with Gasteiger partial charge in [-0.25, -0.2) is 8.78 Å². The monoisotopic (exact) mass is 320 g/mol. The summed E-state index contributed by atoms with van der Waals surface area (Å²) in [5.41, 5.74) is 1.53. The van der Waals surface area contributed by atoms with Crippen molar-refractivity contribution < 1.29 is 13.6 Å². The Bertz CT molecular complexity index is 618. The molecule has 5 heteroatoms. The third-order valence-corrected chi connectivity index (χ3v) is 3.54. The van der Waals surface area contributed by atoms with E-state index in [2.05, 4.69) is 5.32 Å². The number of hydrogen-bond acceptors (Lipinski definition) is 2. The smallest absolute Gasteiger partial charge is 0.227 e. The molecular formula is C18H22F2N2O. The van der Waals surface area contributed by atoms with Crippen LogP contribution in [0.2, 0.25) is 0 Å². The molecule has 0 saturated carbocycles. The molecule has 3 nitrogen and oxygen atoms in total. The van der Waals surface area contributed by atoms with Gasteiger partial charge < -0.3 is 10.7 Å². The van der Waals surface area contributed by atoms with Crippen LogP contribution in [0.25, 0.3) is 0 Å². The molecule has 0 aliphatic rings. The molecule has 0 aliphatic heterocycles. The van der Waals surface area contributed by atoms with Crippen LogP contribution in [-0.4, -0.2) is 12.1 Å². The molecule has 0 fully saturated rings. The predicted octanol–water partition coefficient (Wildman–Crippen LogP) is 4.31. The normalized spacial score (nSPS) is 14.0. The van der Waals surface area contributed by atoms with E-state index in [9.17, 15) is 13.6 Å². The van der Waals surface area contributed by atoms with Crippen molar-refractivity contribution >= 4 is 12.1 Å². The van der Waals surface area contributed by atoms with Gasteiger partial charge in [-0.05, 0) is 37.5 Å². The Hall–Kier alpha value is -2.30. The molecule has 1 atom stereocenters. The molecule has 2 N–H and O–H groups in total. The maximum Gasteiger partial charge on any atom is 0.227 e. The van der Waals surface area contributed by atoms with E-state index in [1.165, 1.54) is 12.1 Å². The highest BCUT2D eigenvalue weighted by Gasteiger charge is 2.17. The fourth-order valence-electron chi connectivity index (χ4n) is 2.22. The number of benzene rings is 1. The first-order valence-corrected chi connectivity index (χ1v) is 7.54. The van der Waals surface area contributed by atoms with Crippen molar-refractivity contribution in [3.05, 3.63) is 58.8 Å². The minimum atomic E-state index is -0.660. The number of halogens is 2. The molecule has 0 heterocycles. The summed E-state index contributed by atoms with van der Waals surface area (Å²) in [5.74, 6) is -1.57. The minimum Gasteiger partial charge on any atom is -0.326 e. The molecule has 0 aromatic heterocycles. The van der Waals surface area contributed by atoms with Gasteiger partial charge in [0.05, 0.1) is 6.21 Å². The predicted molar refractivity (Wildman–Crippen MR) is 88.4 cm³/mol. The van der Waals surface area contributed by atoms with Gasteiger partial charge in [-0.15, -0.1) is 0 Å². The van der Waals surface area contributed by atoms with Gasteiger partial charge in [-0.2, -0.15) is 0 Å². The summed E-state index contributed by atoms with van der Waals surface area (Å²) in [6.45, 7) is 5.22. The number of allylic oxidation sites excluding steroid dienone is 3. The summed E-state index contributed by atoms with van der Waals surface area (Å²) in [5, 5.41) is 9.73. The SMILES string of the molecule is C/C=C(NC(=O)[C@@H](C)Cc1ccc(F)cc1)\C(CC)=C(\F)C=N. The second-order valence-electron chi connectivity index (χ2n) is 5.25. The van der Waals surface area contributed by atoms with E-state index in [-0.39, 0.29) is 17.6 Å². The summed E-state index contributed by atoms with van der Waals surface area (Å²) >= 11 is 0. The maximum absolute atomic E-state index is 13.7. The quantitative estimate of drug-likeness (QED) is 0.571. The summed E-state index contributed by atoms with van der Waals surface area (Å²) < 4.78 is 26.6. The zero-order valence-electron chi connectivity index (χ0n) is 13.6. The number of carbonyl (C=O) groups excluding carboxylic acids is 1. The zero-order chi connectivity index (χ0) is 17.4. The van der Waals surface area contributed by atoms with E-state index in [0.717, 1.165) is 5.56 Å². The highest BCUT2D eigenvalue weighted by atomic mass is 19.1. The van der Waals surface area contributed by atoms with Gasteiger partial charge >= 0.3 is 0 Å². The first kappa shape index (κ1) is 18.7. The number of nitrogens with one attached hydrogen (secondary N) is 2. The van der Waals surface area contributed by atoms with Gasteiger partial charge in [-0.1, -0.05) is 32.1 Å². The van der Waals surface area contributed by atoms with Crippen molar-refractivity contribution in [2.45, 2.75) is 33.6 Å². The summed E-state index contributed by atoms with van der Waals surface area (Å²) in [4.78, 5) is 12.3. The van der Waals surface area contributed by atoms with Gasteiger partial charge in [0.15, 0.2) is 0 Å². The highest BCUT2D eigenvalue weighted by Crippen LogP contribution is 2.18. The lowest BCUT2D eigenvalue weighted by Gasteiger charge is -2.16.